The number of nitrogens with zero attached hydrogens (tertiary/aromatic N) is 5. The van der Waals surface area contributed by atoms with Crippen LogP contribution in [0, 0.1) is 0 Å². The molecule has 1 aliphatic heterocycles. The third-order valence-corrected chi connectivity index (χ3v) is 15.2. The van der Waals surface area contributed by atoms with E-state index < -0.39 is 7.29 Å². The average molecular weight is 796 g/mol. The number of para-hydroxylation sites is 2. The quantitative estimate of drug-likeness (QED) is 0.156. The van der Waals surface area contributed by atoms with Crippen LogP contribution in [0.25, 0.3) is 61.7 Å². The summed E-state index contributed by atoms with van der Waals surface area (Å²) in [5, 5.41) is 3.81. The van der Waals surface area contributed by atoms with Gasteiger partial charge in [-0.3, -0.25) is 13.8 Å². The Labute approximate surface area is 345 Å². The Morgan fingerprint density at radius 2 is 1.00 bits per heavy atom. The van der Waals surface area contributed by atoms with Gasteiger partial charge < -0.3 is 0 Å². The van der Waals surface area contributed by atoms with Crippen LogP contribution in [0.15, 0.2) is 216 Å². The van der Waals surface area contributed by atoms with Crippen LogP contribution in [-0.4, -0.2) is 19.5 Å². The summed E-state index contributed by atoms with van der Waals surface area (Å²) < 4.78 is 20.2. The largest absolute Gasteiger partial charge is 0.289 e. The van der Waals surface area contributed by atoms with Gasteiger partial charge in [0.25, 0.3) is 0 Å². The Morgan fingerprint density at radius 3 is 1.71 bits per heavy atom. The lowest BCUT2D eigenvalue weighted by Gasteiger charge is -2.34. The summed E-state index contributed by atoms with van der Waals surface area (Å²) in [6.07, 6.45) is 0. The van der Waals surface area contributed by atoms with Crippen molar-refractivity contribution < 1.29 is 4.57 Å². The van der Waals surface area contributed by atoms with E-state index in [0.717, 1.165) is 75.8 Å². The Hall–Kier alpha value is -7.05. The highest BCUT2D eigenvalue weighted by atomic mass is 32.2. The number of benzene rings is 8. The summed E-state index contributed by atoms with van der Waals surface area (Å²) in [7, 11) is -3.39. The predicted octanol–water partition coefficient (Wildman–Crippen LogP) is 12.5. The first-order valence-corrected chi connectivity index (χ1v) is 21.9. The first-order valence-electron chi connectivity index (χ1n) is 19.5. The van der Waals surface area contributed by atoms with E-state index in [2.05, 4.69) is 76.0 Å². The Bertz CT molecular complexity index is 3170. The predicted molar refractivity (Wildman–Crippen MR) is 243 cm³/mol. The number of anilines is 2. The van der Waals surface area contributed by atoms with Gasteiger partial charge in [-0.1, -0.05) is 151 Å². The SMILES string of the molecule is O=P1(c2ccccc2)c2ccccc2Sc2cc(-c3ccc4c(c3)c3ccccc3n4-c3nc(-c4ccccc4)nc(-c4ccccc4)n3)ccc2N1c1ccccc1. The lowest BCUT2D eigenvalue weighted by Crippen LogP contribution is -2.29. The van der Waals surface area contributed by atoms with E-state index >= 15 is 4.57 Å². The maximum atomic E-state index is 16.0. The fraction of sp³-hybridized carbons (Fsp3) is 0. The second kappa shape index (κ2) is 14.4. The van der Waals surface area contributed by atoms with Crippen LogP contribution in [0.1, 0.15) is 0 Å². The lowest BCUT2D eigenvalue weighted by atomic mass is 10.0. The topological polar surface area (TPSA) is 63.9 Å². The van der Waals surface area contributed by atoms with Gasteiger partial charge in [0.1, 0.15) is 0 Å². The number of hydrogen-bond donors (Lipinski definition) is 0. The molecule has 0 saturated carbocycles. The van der Waals surface area contributed by atoms with E-state index in [1.165, 1.54) is 0 Å². The molecule has 1 aliphatic rings. The zero-order valence-corrected chi connectivity index (χ0v) is 33.3. The second-order valence-electron chi connectivity index (χ2n) is 14.4. The van der Waals surface area contributed by atoms with E-state index in [4.69, 9.17) is 15.0 Å². The average Bonchev–Trinajstić information content (AvgIpc) is 3.58. The molecule has 280 valence electrons. The second-order valence-corrected chi connectivity index (χ2v) is 18.0. The molecular weight excluding hydrogens is 762 g/mol. The molecule has 1 unspecified atom stereocenters. The van der Waals surface area contributed by atoms with Crippen LogP contribution in [0.2, 0.25) is 0 Å². The van der Waals surface area contributed by atoms with E-state index in [1.54, 1.807) is 11.8 Å². The van der Waals surface area contributed by atoms with Gasteiger partial charge in [0, 0.05) is 48.0 Å². The van der Waals surface area contributed by atoms with Gasteiger partial charge in [0.15, 0.2) is 11.6 Å². The zero-order valence-electron chi connectivity index (χ0n) is 31.6. The highest BCUT2D eigenvalue weighted by molar-refractivity contribution is 8.00. The van der Waals surface area contributed by atoms with E-state index in [1.807, 2.05) is 140 Å². The number of hydrogen-bond acceptors (Lipinski definition) is 5. The van der Waals surface area contributed by atoms with Crippen LogP contribution < -0.4 is 15.3 Å². The molecule has 1 atom stereocenters. The van der Waals surface area contributed by atoms with Crippen molar-refractivity contribution in [2.45, 2.75) is 9.79 Å². The van der Waals surface area contributed by atoms with E-state index in [0.29, 0.717) is 17.6 Å². The highest BCUT2D eigenvalue weighted by Crippen LogP contribution is 2.60. The number of rotatable bonds is 6. The third kappa shape index (κ3) is 5.97. The van der Waals surface area contributed by atoms with Crippen LogP contribution in [0.3, 0.4) is 0 Å². The minimum absolute atomic E-state index is 0.556. The lowest BCUT2D eigenvalue weighted by molar-refractivity contribution is 0.586. The van der Waals surface area contributed by atoms with Crippen molar-refractivity contribution in [3.63, 3.8) is 0 Å². The monoisotopic (exact) mass is 795 g/mol. The number of fused-ring (bicyclic) bond motifs is 5. The molecule has 0 spiro atoms. The van der Waals surface area contributed by atoms with Gasteiger partial charge in [-0.2, -0.15) is 9.97 Å². The standard InChI is InChI=1S/C51H34N5OPS/c57-58(40-23-11-4-12-24-40)46-27-15-16-28-47(46)59-48-34-38(30-32-45(48)56(58)39-21-9-3-10-22-39)37-29-31-44-42(33-37)41-25-13-14-26-43(41)55(44)51-53-49(35-17-5-1-6-18-35)52-50(54-51)36-19-7-2-8-20-36/h1-34H. The van der Waals surface area contributed by atoms with E-state index in [9.17, 15) is 0 Å². The molecule has 6 nitrogen and oxygen atoms in total. The van der Waals surface area contributed by atoms with Crippen molar-refractivity contribution in [1.82, 2.24) is 19.5 Å². The summed E-state index contributed by atoms with van der Waals surface area (Å²) in [4.78, 5) is 17.2. The van der Waals surface area contributed by atoms with Crippen LogP contribution in [0.4, 0.5) is 11.4 Å². The van der Waals surface area contributed by atoms with Crippen molar-refractivity contribution in [3.8, 4) is 39.9 Å². The molecule has 8 heteroatoms. The minimum Gasteiger partial charge on any atom is -0.289 e. The first-order chi connectivity index (χ1) is 29.1. The Kier molecular flexibility index (Phi) is 8.58. The maximum Gasteiger partial charge on any atom is 0.238 e. The molecule has 8 aromatic carbocycles. The summed E-state index contributed by atoms with van der Waals surface area (Å²) >= 11 is 1.67. The number of aromatic nitrogens is 4. The molecule has 0 amide bonds. The fourth-order valence-electron chi connectivity index (χ4n) is 8.14. The Balaban J connectivity index is 1.09. The van der Waals surface area contributed by atoms with E-state index in [-0.39, 0.29) is 0 Å². The van der Waals surface area contributed by atoms with Gasteiger partial charge in [0.05, 0.1) is 16.7 Å². The van der Waals surface area contributed by atoms with Crippen LogP contribution in [0.5, 0.6) is 0 Å². The van der Waals surface area contributed by atoms with Gasteiger partial charge in [-0.15, -0.1) is 0 Å². The normalized spacial score (nSPS) is 14.8. The minimum atomic E-state index is -3.39. The molecule has 3 heterocycles. The van der Waals surface area contributed by atoms with Crippen LogP contribution in [-0.2, 0) is 4.57 Å². The van der Waals surface area contributed by atoms with Gasteiger partial charge in [-0.25, -0.2) is 4.98 Å². The summed E-state index contributed by atoms with van der Waals surface area (Å²) in [6, 6.07) is 69.9. The van der Waals surface area contributed by atoms with Crippen LogP contribution >= 0.6 is 19.1 Å². The molecule has 0 saturated heterocycles. The van der Waals surface area contributed by atoms with Crippen molar-refractivity contribution >= 4 is 62.8 Å². The summed E-state index contributed by atoms with van der Waals surface area (Å²) in [5.41, 5.74) is 7.77. The van der Waals surface area contributed by atoms with Crippen molar-refractivity contribution in [2.24, 2.45) is 0 Å². The molecule has 0 radical (unpaired) electrons. The molecule has 59 heavy (non-hydrogen) atoms. The molecular formula is C51H34N5OPS. The third-order valence-electron chi connectivity index (χ3n) is 10.9. The van der Waals surface area contributed by atoms with Gasteiger partial charge in [-0.05, 0) is 77.9 Å². The van der Waals surface area contributed by atoms with Gasteiger partial charge >= 0.3 is 0 Å². The van der Waals surface area contributed by atoms with Crippen molar-refractivity contribution in [3.05, 3.63) is 206 Å². The summed E-state index contributed by atoms with van der Waals surface area (Å²) in [5.74, 6) is 1.78. The molecule has 10 aromatic rings. The fourth-order valence-corrected chi connectivity index (χ4v) is 12.6. The highest BCUT2D eigenvalue weighted by Gasteiger charge is 2.41. The molecule has 0 aliphatic carbocycles. The Morgan fingerprint density at radius 1 is 0.441 bits per heavy atom. The van der Waals surface area contributed by atoms with Gasteiger partial charge in [0.2, 0.25) is 13.2 Å². The first kappa shape index (κ1) is 35.1. The maximum absolute atomic E-state index is 16.0. The summed E-state index contributed by atoms with van der Waals surface area (Å²) in [6.45, 7) is 0. The molecule has 11 rings (SSSR count). The molecule has 0 N–H and O–H groups in total. The molecule has 2 aromatic heterocycles. The van der Waals surface area contributed by atoms with Crippen molar-refractivity contribution in [2.75, 3.05) is 4.67 Å². The van der Waals surface area contributed by atoms with Crippen molar-refractivity contribution in [1.29, 1.82) is 0 Å². The molecule has 0 bridgehead atoms. The smallest absolute Gasteiger partial charge is 0.238 e. The molecule has 0 fully saturated rings. The zero-order chi connectivity index (χ0) is 39.3.